The standard InChI is InChI=1S/C23H24F5N7O2S/c1-12-18(33-38-32-12)20(36)31-19(14-2-5-22(24,25)6-3-14)15-10-34-7-4-13(8-17(34)29-15)9-35-11-16(23(26,27)28)30-21(35)37/h4,7-8,10,14,16,19H,2-3,5-6,9,11H2,1H3,(H,30,37)(H,31,36)/t16?,19-/m0/s1. The molecule has 3 aromatic heterocycles. The number of hydrogen-bond donors (Lipinski definition) is 2. The fourth-order valence-electron chi connectivity index (χ4n) is 4.90. The van der Waals surface area contributed by atoms with Gasteiger partial charge < -0.3 is 19.9 Å². The van der Waals surface area contributed by atoms with E-state index in [1.807, 2.05) is 5.32 Å². The maximum absolute atomic E-state index is 13.9. The van der Waals surface area contributed by atoms with Gasteiger partial charge in [-0.25, -0.2) is 18.6 Å². The number of aryl methyl sites for hydroxylation is 1. The monoisotopic (exact) mass is 557 g/mol. The van der Waals surface area contributed by atoms with Gasteiger partial charge in [-0.05, 0) is 43.4 Å². The fourth-order valence-corrected chi connectivity index (χ4v) is 5.45. The van der Waals surface area contributed by atoms with Gasteiger partial charge in [0.1, 0.15) is 11.7 Å². The number of nitrogens with one attached hydrogen (secondary N) is 2. The quantitative estimate of drug-likeness (QED) is 0.441. The van der Waals surface area contributed by atoms with Crippen molar-refractivity contribution in [2.75, 3.05) is 6.54 Å². The first-order valence-electron chi connectivity index (χ1n) is 12.0. The Morgan fingerprint density at radius 2 is 2.03 bits per heavy atom. The molecule has 2 fully saturated rings. The number of urea groups is 1. The van der Waals surface area contributed by atoms with E-state index in [1.165, 1.54) is 0 Å². The van der Waals surface area contributed by atoms with Crippen molar-refractivity contribution in [3.05, 3.63) is 47.2 Å². The van der Waals surface area contributed by atoms with Gasteiger partial charge in [-0.2, -0.15) is 21.9 Å². The number of carbonyl (C=O) groups is 2. The highest BCUT2D eigenvalue weighted by atomic mass is 32.1. The average molecular weight is 558 g/mol. The minimum absolute atomic E-state index is 0.0505. The highest BCUT2D eigenvalue weighted by Crippen LogP contribution is 2.41. The lowest BCUT2D eigenvalue weighted by atomic mass is 9.81. The number of imidazole rings is 1. The predicted octanol–water partition coefficient (Wildman–Crippen LogP) is 4.25. The van der Waals surface area contributed by atoms with Crippen molar-refractivity contribution in [1.29, 1.82) is 0 Å². The summed E-state index contributed by atoms with van der Waals surface area (Å²) in [6.07, 6.45) is -1.41. The van der Waals surface area contributed by atoms with Crippen LogP contribution in [0.15, 0.2) is 24.5 Å². The van der Waals surface area contributed by atoms with Gasteiger partial charge in [-0.1, -0.05) is 0 Å². The van der Waals surface area contributed by atoms with Gasteiger partial charge in [0.2, 0.25) is 5.92 Å². The zero-order chi connectivity index (χ0) is 27.2. The molecule has 1 aliphatic carbocycles. The van der Waals surface area contributed by atoms with Crippen LogP contribution >= 0.6 is 11.7 Å². The van der Waals surface area contributed by atoms with Gasteiger partial charge in [0.15, 0.2) is 5.69 Å². The second-order valence-corrected chi connectivity index (χ2v) is 10.3. The van der Waals surface area contributed by atoms with E-state index in [9.17, 15) is 31.5 Å². The second kappa shape index (κ2) is 9.75. The van der Waals surface area contributed by atoms with Crippen molar-refractivity contribution in [3.63, 3.8) is 0 Å². The number of alkyl halides is 5. The third-order valence-electron chi connectivity index (χ3n) is 7.01. The van der Waals surface area contributed by atoms with Crippen LogP contribution in [-0.4, -0.2) is 59.7 Å². The molecule has 3 aromatic rings. The van der Waals surface area contributed by atoms with Crippen LogP contribution in [0.3, 0.4) is 0 Å². The number of rotatable bonds is 6. The van der Waals surface area contributed by atoms with Gasteiger partial charge in [0.05, 0.1) is 35.7 Å². The Balaban J connectivity index is 1.38. The molecule has 3 amide bonds. The molecule has 1 unspecified atom stereocenters. The summed E-state index contributed by atoms with van der Waals surface area (Å²) in [7, 11) is 0. The number of fused-ring (bicyclic) bond motifs is 1. The van der Waals surface area contributed by atoms with Crippen LogP contribution in [-0.2, 0) is 6.54 Å². The molecule has 1 saturated heterocycles. The number of aromatic nitrogens is 4. The molecule has 2 N–H and O–H groups in total. The molecule has 0 bridgehead atoms. The van der Waals surface area contributed by atoms with E-state index in [4.69, 9.17) is 0 Å². The van der Waals surface area contributed by atoms with Gasteiger partial charge in [0.25, 0.3) is 5.91 Å². The van der Waals surface area contributed by atoms with Crippen LogP contribution in [0.1, 0.15) is 59.2 Å². The van der Waals surface area contributed by atoms with E-state index in [0.29, 0.717) is 22.6 Å². The van der Waals surface area contributed by atoms with Crippen LogP contribution < -0.4 is 10.6 Å². The third-order valence-corrected chi connectivity index (χ3v) is 7.63. The first-order valence-corrected chi connectivity index (χ1v) is 12.7. The molecule has 0 spiro atoms. The molecule has 204 valence electrons. The molecule has 0 aromatic carbocycles. The van der Waals surface area contributed by atoms with E-state index in [0.717, 1.165) is 16.6 Å². The second-order valence-electron chi connectivity index (χ2n) is 9.73. The van der Waals surface area contributed by atoms with Gasteiger partial charge in [-0.3, -0.25) is 4.79 Å². The topological polar surface area (TPSA) is 105 Å². The van der Waals surface area contributed by atoms with Crippen molar-refractivity contribution in [3.8, 4) is 0 Å². The summed E-state index contributed by atoms with van der Waals surface area (Å²) in [5.74, 6) is -3.51. The lowest BCUT2D eigenvalue weighted by molar-refractivity contribution is -0.149. The molecule has 1 aliphatic heterocycles. The van der Waals surface area contributed by atoms with Crippen molar-refractivity contribution >= 4 is 29.3 Å². The normalized spacial score (nSPS) is 21.1. The van der Waals surface area contributed by atoms with E-state index >= 15 is 0 Å². The summed E-state index contributed by atoms with van der Waals surface area (Å²) < 4.78 is 76.4. The van der Waals surface area contributed by atoms with Crippen molar-refractivity contribution in [2.24, 2.45) is 5.92 Å². The number of nitrogens with zero attached hydrogens (tertiary/aromatic N) is 5. The Morgan fingerprint density at radius 3 is 2.66 bits per heavy atom. The number of halogens is 5. The summed E-state index contributed by atoms with van der Waals surface area (Å²) in [4.78, 5) is 30.7. The van der Waals surface area contributed by atoms with Crippen molar-refractivity contribution in [1.82, 2.24) is 33.7 Å². The van der Waals surface area contributed by atoms with E-state index < -0.39 is 42.7 Å². The van der Waals surface area contributed by atoms with E-state index in [2.05, 4.69) is 19.0 Å². The summed E-state index contributed by atoms with van der Waals surface area (Å²) in [6.45, 7) is 1.10. The zero-order valence-corrected chi connectivity index (χ0v) is 21.0. The Labute approximate surface area is 217 Å². The number of amides is 3. The van der Waals surface area contributed by atoms with E-state index in [-0.39, 0.29) is 43.8 Å². The smallest absolute Gasteiger partial charge is 0.342 e. The minimum Gasteiger partial charge on any atom is -0.342 e. The summed E-state index contributed by atoms with van der Waals surface area (Å²) >= 11 is 0.898. The minimum atomic E-state index is -4.54. The number of carbonyl (C=O) groups excluding carboxylic acids is 2. The van der Waals surface area contributed by atoms with Crippen LogP contribution in [0.25, 0.3) is 5.65 Å². The molecule has 15 heteroatoms. The first-order chi connectivity index (χ1) is 17.9. The zero-order valence-electron chi connectivity index (χ0n) is 20.1. The lowest BCUT2D eigenvalue weighted by Crippen LogP contribution is -2.40. The lowest BCUT2D eigenvalue weighted by Gasteiger charge is -2.33. The van der Waals surface area contributed by atoms with Crippen LogP contribution in [0.4, 0.5) is 26.7 Å². The summed E-state index contributed by atoms with van der Waals surface area (Å²) in [6, 6.07) is -0.105. The molecule has 2 atom stereocenters. The Hall–Kier alpha value is -3.36. The number of hydrogen-bond acceptors (Lipinski definition) is 6. The largest absolute Gasteiger partial charge is 0.410 e. The molecular formula is C23H24F5N7O2S. The van der Waals surface area contributed by atoms with Gasteiger partial charge >= 0.3 is 12.2 Å². The SMILES string of the molecule is Cc1nsnc1C(=O)N[C@H](c1cn2ccc(CN3CC(C(F)(F)F)NC3=O)cc2n1)C1CCC(F)(F)CC1. The molecule has 38 heavy (non-hydrogen) atoms. The fraction of sp³-hybridized carbons (Fsp3) is 0.522. The van der Waals surface area contributed by atoms with Gasteiger partial charge in [0, 0.05) is 31.8 Å². The summed E-state index contributed by atoms with van der Waals surface area (Å²) in [5.41, 5.74) is 2.08. The molecule has 2 aliphatic rings. The van der Waals surface area contributed by atoms with E-state index in [1.54, 1.807) is 35.9 Å². The summed E-state index contributed by atoms with van der Waals surface area (Å²) in [5, 5.41) is 4.84. The molecule has 9 nitrogen and oxygen atoms in total. The highest BCUT2D eigenvalue weighted by Gasteiger charge is 2.46. The highest BCUT2D eigenvalue weighted by molar-refractivity contribution is 6.99. The maximum Gasteiger partial charge on any atom is 0.410 e. The molecule has 1 saturated carbocycles. The molecule has 5 rings (SSSR count). The Kier molecular flexibility index (Phi) is 6.73. The van der Waals surface area contributed by atoms with Crippen LogP contribution in [0.2, 0.25) is 0 Å². The Bertz CT molecular complexity index is 1350. The van der Waals surface area contributed by atoms with Crippen LogP contribution in [0, 0.1) is 12.8 Å². The third kappa shape index (κ3) is 5.42. The van der Waals surface area contributed by atoms with Gasteiger partial charge in [-0.15, -0.1) is 0 Å². The molecule has 0 radical (unpaired) electrons. The van der Waals surface area contributed by atoms with Crippen molar-refractivity contribution in [2.45, 2.75) is 63.3 Å². The maximum atomic E-state index is 13.9. The van der Waals surface area contributed by atoms with Crippen molar-refractivity contribution < 1.29 is 31.5 Å². The molecule has 4 heterocycles. The molecular weight excluding hydrogens is 533 g/mol. The first kappa shape index (κ1) is 26.3. The number of pyridine rings is 1. The predicted molar refractivity (Wildman–Crippen MR) is 126 cm³/mol. The Morgan fingerprint density at radius 1 is 1.29 bits per heavy atom. The van der Waals surface area contributed by atoms with Crippen LogP contribution in [0.5, 0.6) is 0 Å². The average Bonchev–Trinajstić information content (AvgIpc) is 3.56.